The number of sulfonamides is 1. The van der Waals surface area contributed by atoms with E-state index in [1.807, 2.05) is 62.4 Å². The second-order valence-electron chi connectivity index (χ2n) is 9.85. The van der Waals surface area contributed by atoms with E-state index < -0.39 is 10.0 Å². The monoisotopic (exact) mass is 595 g/mol. The Morgan fingerprint density at radius 3 is 2.50 bits per heavy atom. The Morgan fingerprint density at radius 2 is 1.85 bits per heavy atom. The number of benzene rings is 2. The molecule has 1 aliphatic heterocycles. The number of ether oxygens (including phenoxy) is 1. The van der Waals surface area contributed by atoms with Gasteiger partial charge < -0.3 is 19.5 Å². The van der Waals surface area contributed by atoms with Gasteiger partial charge in [0, 0.05) is 28.3 Å². The Morgan fingerprint density at radius 1 is 1.07 bits per heavy atom. The number of hydrogen-bond acceptors (Lipinski definition) is 5. The van der Waals surface area contributed by atoms with Gasteiger partial charge in [0.25, 0.3) is 0 Å². The smallest absolute Gasteiger partial charge is 0.229 e. The summed E-state index contributed by atoms with van der Waals surface area (Å²) in [6.45, 7) is 5.99. The van der Waals surface area contributed by atoms with E-state index in [-0.39, 0.29) is 12.1 Å². The van der Waals surface area contributed by atoms with Crippen LogP contribution in [0.1, 0.15) is 40.3 Å². The van der Waals surface area contributed by atoms with Crippen LogP contribution in [-0.2, 0) is 10.0 Å². The Hall–Kier alpha value is -3.60. The number of rotatable bonds is 7. The van der Waals surface area contributed by atoms with Crippen molar-refractivity contribution in [3.8, 4) is 11.4 Å². The third kappa shape index (κ3) is 5.26. The summed E-state index contributed by atoms with van der Waals surface area (Å²) < 4.78 is 34.1. The van der Waals surface area contributed by atoms with Crippen molar-refractivity contribution in [1.82, 2.24) is 14.9 Å². The average Bonchev–Trinajstić information content (AvgIpc) is 3.39. The molecule has 0 amide bonds. The lowest BCUT2D eigenvalue weighted by Gasteiger charge is -2.29. The molecule has 2 atom stereocenters. The number of pyridine rings is 1. The molecule has 1 aliphatic rings. The van der Waals surface area contributed by atoms with Crippen LogP contribution in [0.15, 0.2) is 66.9 Å². The molecule has 2 aromatic heterocycles. The molecular weight excluding hydrogens is 566 g/mol. The zero-order chi connectivity index (χ0) is 28.8. The molecule has 1 saturated heterocycles. The van der Waals surface area contributed by atoms with E-state index >= 15 is 0 Å². The van der Waals surface area contributed by atoms with Crippen LogP contribution in [0.4, 0.5) is 11.4 Å². The molecule has 2 aromatic carbocycles. The van der Waals surface area contributed by atoms with Crippen molar-refractivity contribution < 1.29 is 13.2 Å². The highest BCUT2D eigenvalue weighted by atomic mass is 35.5. The normalized spacial score (nSPS) is 17.1. The molecular formula is C29H30ClN5O3S2. The molecule has 8 nitrogen and oxygen atoms in total. The Bertz CT molecular complexity index is 1710. The summed E-state index contributed by atoms with van der Waals surface area (Å²) >= 11 is 12.3. The number of halogens is 1. The van der Waals surface area contributed by atoms with Crippen molar-refractivity contribution in [3.63, 3.8) is 0 Å². The van der Waals surface area contributed by atoms with E-state index in [9.17, 15) is 8.42 Å². The zero-order valence-corrected chi connectivity index (χ0v) is 25.2. The largest absolute Gasteiger partial charge is 0.495 e. The van der Waals surface area contributed by atoms with Crippen molar-refractivity contribution in [2.75, 3.05) is 23.0 Å². The summed E-state index contributed by atoms with van der Waals surface area (Å²) in [4.78, 5) is 6.73. The third-order valence-corrected chi connectivity index (χ3v) is 8.19. The van der Waals surface area contributed by atoms with Crippen LogP contribution in [0.2, 0.25) is 5.02 Å². The molecule has 2 N–H and O–H groups in total. The van der Waals surface area contributed by atoms with Gasteiger partial charge in [-0.2, -0.15) is 0 Å². The SMILES string of the molecule is COc1ccc(Cl)cc1-n1c(C)cc([C@H]2[C@@H](c3ccccn3)NC(=S)N2c2ccc(NS(C)(=O)=O)c(C)c2)c1C. The second-order valence-corrected chi connectivity index (χ2v) is 12.4. The highest BCUT2D eigenvalue weighted by Crippen LogP contribution is 2.45. The highest BCUT2D eigenvalue weighted by molar-refractivity contribution is 7.92. The van der Waals surface area contributed by atoms with Gasteiger partial charge in [-0.15, -0.1) is 0 Å². The van der Waals surface area contributed by atoms with Crippen molar-refractivity contribution in [2.45, 2.75) is 32.9 Å². The first-order valence-electron chi connectivity index (χ1n) is 12.6. The Balaban J connectivity index is 1.67. The van der Waals surface area contributed by atoms with Crippen LogP contribution in [0.3, 0.4) is 0 Å². The molecule has 0 saturated carbocycles. The van der Waals surface area contributed by atoms with Gasteiger partial charge in [0.2, 0.25) is 10.0 Å². The van der Waals surface area contributed by atoms with Crippen LogP contribution in [0, 0.1) is 20.8 Å². The molecule has 0 unspecified atom stereocenters. The quantitative estimate of drug-likeness (QED) is 0.253. The zero-order valence-electron chi connectivity index (χ0n) is 22.8. The van der Waals surface area contributed by atoms with Gasteiger partial charge in [0.05, 0.1) is 42.5 Å². The standard InChI is InChI=1S/C29H30ClN5O3S2/c1-17-14-21(10-11-23(17)33-40(5,36)37)35-28(27(32-29(35)39)24-8-6-7-13-31-24)22-15-18(2)34(19(22)3)25-16-20(30)9-12-26(25)38-4/h6-16,27-28,33H,1-5H3,(H,32,39)/t27-,28+/m1/s1. The fourth-order valence-corrected chi connectivity index (χ4v) is 6.50. The highest BCUT2D eigenvalue weighted by Gasteiger charge is 2.42. The minimum absolute atomic E-state index is 0.238. The van der Waals surface area contributed by atoms with Gasteiger partial charge in [0.15, 0.2) is 5.11 Å². The van der Waals surface area contributed by atoms with Crippen LogP contribution in [0.25, 0.3) is 5.69 Å². The number of anilines is 2. The third-order valence-electron chi connectivity index (χ3n) is 7.05. The van der Waals surface area contributed by atoms with Crippen molar-refractivity contribution >= 4 is 50.3 Å². The minimum Gasteiger partial charge on any atom is -0.495 e. The summed E-state index contributed by atoms with van der Waals surface area (Å²) in [5.41, 5.74) is 6.91. The molecule has 0 spiro atoms. The average molecular weight is 596 g/mol. The maximum absolute atomic E-state index is 11.9. The van der Waals surface area contributed by atoms with Crippen LogP contribution in [-0.4, -0.2) is 36.4 Å². The minimum atomic E-state index is -3.42. The maximum Gasteiger partial charge on any atom is 0.229 e. The lowest BCUT2D eigenvalue weighted by atomic mass is 9.96. The molecule has 11 heteroatoms. The van der Waals surface area contributed by atoms with E-state index in [1.54, 1.807) is 19.4 Å². The summed E-state index contributed by atoms with van der Waals surface area (Å²) in [5.74, 6) is 0.709. The molecule has 5 rings (SSSR count). The summed E-state index contributed by atoms with van der Waals surface area (Å²) in [6, 6.07) is 18.6. The molecule has 208 valence electrons. The van der Waals surface area contributed by atoms with E-state index in [0.717, 1.165) is 45.8 Å². The van der Waals surface area contributed by atoms with Gasteiger partial charge in [-0.05, 0) is 98.7 Å². The number of nitrogens with zero attached hydrogens (tertiary/aromatic N) is 3. The van der Waals surface area contributed by atoms with Gasteiger partial charge in [-0.25, -0.2) is 8.42 Å². The number of methoxy groups -OCH3 is 1. The number of thiocarbonyl (C=S) groups is 1. The molecule has 0 bridgehead atoms. The first-order chi connectivity index (χ1) is 19.0. The van der Waals surface area contributed by atoms with E-state index in [4.69, 9.17) is 28.6 Å². The van der Waals surface area contributed by atoms with Crippen LogP contribution < -0.4 is 19.7 Å². The van der Waals surface area contributed by atoms with Gasteiger partial charge in [0.1, 0.15) is 5.75 Å². The fourth-order valence-electron chi connectivity index (χ4n) is 5.36. The molecule has 4 aromatic rings. The van der Waals surface area contributed by atoms with Gasteiger partial charge >= 0.3 is 0 Å². The van der Waals surface area contributed by atoms with Gasteiger partial charge in [-0.1, -0.05) is 17.7 Å². The number of hydrogen-bond donors (Lipinski definition) is 2. The topological polar surface area (TPSA) is 88.5 Å². The maximum atomic E-state index is 11.9. The van der Waals surface area contributed by atoms with E-state index in [2.05, 4.69) is 37.5 Å². The first-order valence-corrected chi connectivity index (χ1v) is 15.3. The molecule has 0 radical (unpaired) electrons. The molecule has 1 fully saturated rings. The number of aromatic nitrogens is 2. The summed E-state index contributed by atoms with van der Waals surface area (Å²) in [6.07, 6.45) is 2.91. The molecule has 3 heterocycles. The Labute approximate surface area is 245 Å². The van der Waals surface area contributed by atoms with Crippen molar-refractivity contribution in [2.24, 2.45) is 0 Å². The second kappa shape index (κ2) is 10.8. The number of nitrogens with one attached hydrogen (secondary N) is 2. The molecule has 40 heavy (non-hydrogen) atoms. The Kier molecular flexibility index (Phi) is 7.52. The summed E-state index contributed by atoms with van der Waals surface area (Å²) in [7, 11) is -1.77. The predicted molar refractivity (Wildman–Crippen MR) is 164 cm³/mol. The lowest BCUT2D eigenvalue weighted by Crippen LogP contribution is -2.29. The van der Waals surface area contributed by atoms with Gasteiger partial charge in [-0.3, -0.25) is 9.71 Å². The lowest BCUT2D eigenvalue weighted by molar-refractivity contribution is 0.412. The van der Waals surface area contributed by atoms with E-state index in [1.165, 1.54) is 0 Å². The summed E-state index contributed by atoms with van der Waals surface area (Å²) in [5, 5.41) is 4.66. The van der Waals surface area contributed by atoms with Crippen molar-refractivity contribution in [3.05, 3.63) is 100 Å². The predicted octanol–water partition coefficient (Wildman–Crippen LogP) is 6.01. The number of aryl methyl sites for hydroxylation is 2. The van der Waals surface area contributed by atoms with Crippen LogP contribution >= 0.6 is 23.8 Å². The van der Waals surface area contributed by atoms with E-state index in [0.29, 0.717) is 21.6 Å². The fraction of sp³-hybridized carbons (Fsp3) is 0.241. The molecule has 0 aliphatic carbocycles. The van der Waals surface area contributed by atoms with Crippen LogP contribution in [0.5, 0.6) is 5.75 Å². The van der Waals surface area contributed by atoms with Crippen molar-refractivity contribution in [1.29, 1.82) is 0 Å². The first kappa shape index (κ1) is 27.9.